The molecule has 0 bridgehead atoms. The number of aliphatic carboxylic acids is 1. The van der Waals surface area contributed by atoms with Crippen molar-refractivity contribution in [3.63, 3.8) is 0 Å². The molecule has 0 unspecified atom stereocenters. The van der Waals surface area contributed by atoms with Crippen molar-refractivity contribution in [2.45, 2.75) is 140 Å². The molecule has 4 rings (SSSR count). The molecule has 274 valence electrons. The first-order chi connectivity index (χ1) is 23.6. The maximum absolute atomic E-state index is 12.3. The number of carboxylic acids is 1. The van der Waals surface area contributed by atoms with Crippen molar-refractivity contribution in [3.8, 4) is 0 Å². The van der Waals surface area contributed by atoms with E-state index in [2.05, 4.69) is 24.1 Å². The molecule has 0 aromatic carbocycles. The summed E-state index contributed by atoms with van der Waals surface area (Å²) in [5, 5.41) is 53.2. The monoisotopic (exact) mass is 680 g/mol. The third-order valence-corrected chi connectivity index (χ3v) is 11.2. The summed E-state index contributed by atoms with van der Waals surface area (Å²) in [5.41, 5.74) is 7.80. The molecule has 1 saturated carbocycles. The van der Waals surface area contributed by atoms with E-state index in [9.17, 15) is 30.3 Å². The zero-order valence-corrected chi connectivity index (χ0v) is 29.6. The number of anilines is 1. The highest BCUT2D eigenvalue weighted by Gasteiger charge is 2.45. The summed E-state index contributed by atoms with van der Waals surface area (Å²) in [4.78, 5) is 21.1. The van der Waals surface area contributed by atoms with E-state index in [0.717, 1.165) is 61.9 Å². The first kappa shape index (κ1) is 39.1. The van der Waals surface area contributed by atoms with Crippen LogP contribution < -0.4 is 10.7 Å². The van der Waals surface area contributed by atoms with E-state index in [0.29, 0.717) is 56.7 Å². The molecule has 0 radical (unpaired) electrons. The van der Waals surface area contributed by atoms with Crippen molar-refractivity contribution in [1.82, 2.24) is 9.97 Å². The number of rotatable bonds is 22. The number of carboxylic acid groups (broad SMARTS) is 1. The van der Waals surface area contributed by atoms with Crippen molar-refractivity contribution in [1.29, 1.82) is 0 Å². The van der Waals surface area contributed by atoms with E-state index in [1.165, 1.54) is 19.3 Å². The van der Waals surface area contributed by atoms with Crippen LogP contribution in [0.3, 0.4) is 0 Å². The van der Waals surface area contributed by atoms with Gasteiger partial charge in [0.25, 0.3) is 0 Å². The van der Waals surface area contributed by atoms with Crippen molar-refractivity contribution >= 4 is 11.8 Å². The molecule has 7 N–H and O–H groups in total. The number of nitrogens with zero attached hydrogens (tertiary/aromatic N) is 2. The molecular weight excluding hydrogens is 618 g/mol. The number of aryl methyl sites for hydroxylation is 1. The Labute approximate surface area is 293 Å². The SMILES string of the molecule is CCCCC[C@@H]1C=C[C@@H](CCCCC[C@H](C(=O)O)[C@H](O)CC[C@]2(O)C[C@H](Cc3ccnc(N)c3)C[C@H]2Cc2ccc(CCCO)[n-]2)[C@H](O)C1. The van der Waals surface area contributed by atoms with Crippen LogP contribution in [0.25, 0.3) is 0 Å². The number of hydrogen-bond donors (Lipinski definition) is 6. The standard InChI is InChI=1S/C40H62N3O6/c1-2-3-5-9-28-13-14-31(37(46)24-28)10-6-4-7-12-35(39(47)48)36(45)17-19-40(49)27-30(22-29-18-20-42-38(41)25-29)23-32(40)26-34-16-15-33(43-34)11-8-21-44/h13-16,18,20,25,28,30-32,35-37,44-46,49H,2-12,17,19,21-24,26-27H2,1H3,(H2,41,42)(H,47,48)/q-1/t28-,30-,31-,32+,35+,36-,37-,40+/m1/s1. The summed E-state index contributed by atoms with van der Waals surface area (Å²) in [5.74, 6) is -0.640. The van der Waals surface area contributed by atoms with Gasteiger partial charge in [-0.15, -0.1) is 0 Å². The Bertz CT molecular complexity index is 1300. The van der Waals surface area contributed by atoms with Crippen LogP contribution in [-0.2, 0) is 24.1 Å². The Morgan fingerprint density at radius 3 is 2.55 bits per heavy atom. The Balaban J connectivity index is 1.29. The molecule has 49 heavy (non-hydrogen) atoms. The van der Waals surface area contributed by atoms with Crippen molar-refractivity contribution in [3.05, 3.63) is 59.6 Å². The average molecular weight is 681 g/mol. The lowest BCUT2D eigenvalue weighted by molar-refractivity contribution is -0.146. The average Bonchev–Trinajstić information content (AvgIpc) is 3.64. The third-order valence-electron chi connectivity index (χ3n) is 11.2. The minimum atomic E-state index is -1.05. The topological polar surface area (TPSA) is 171 Å². The molecular formula is C40H62N3O6-. The van der Waals surface area contributed by atoms with E-state index >= 15 is 0 Å². The lowest BCUT2D eigenvalue weighted by atomic mass is 9.80. The molecule has 2 aliphatic carbocycles. The number of aromatic nitrogens is 2. The highest BCUT2D eigenvalue weighted by atomic mass is 16.4. The second kappa shape index (κ2) is 19.6. The molecule has 2 aliphatic rings. The minimum absolute atomic E-state index is 0.0800. The van der Waals surface area contributed by atoms with Crippen molar-refractivity contribution in [2.75, 3.05) is 12.3 Å². The number of nitrogen functional groups attached to an aromatic ring is 1. The van der Waals surface area contributed by atoms with Crippen LogP contribution in [0.1, 0.15) is 120 Å². The normalized spacial score (nSPS) is 26.6. The molecule has 0 saturated heterocycles. The van der Waals surface area contributed by atoms with Gasteiger partial charge in [-0.1, -0.05) is 69.7 Å². The maximum Gasteiger partial charge on any atom is 0.309 e. The second-order valence-corrected chi connectivity index (χ2v) is 15.2. The molecule has 9 nitrogen and oxygen atoms in total. The predicted molar refractivity (Wildman–Crippen MR) is 193 cm³/mol. The van der Waals surface area contributed by atoms with Gasteiger partial charge in [0.2, 0.25) is 0 Å². The molecule has 2 aromatic heterocycles. The summed E-state index contributed by atoms with van der Waals surface area (Å²) in [6.07, 6.45) is 18.8. The van der Waals surface area contributed by atoms with Gasteiger partial charge in [0, 0.05) is 18.7 Å². The van der Waals surface area contributed by atoms with E-state index in [1.54, 1.807) is 6.20 Å². The summed E-state index contributed by atoms with van der Waals surface area (Å²) >= 11 is 0. The largest absolute Gasteiger partial charge is 0.665 e. The zero-order chi connectivity index (χ0) is 35.2. The summed E-state index contributed by atoms with van der Waals surface area (Å²) in [7, 11) is 0. The first-order valence-electron chi connectivity index (χ1n) is 19.0. The van der Waals surface area contributed by atoms with Crippen molar-refractivity contribution < 1.29 is 30.3 Å². The van der Waals surface area contributed by atoms with Crippen LogP contribution in [0.15, 0.2) is 42.6 Å². The summed E-state index contributed by atoms with van der Waals surface area (Å²) in [6, 6.07) is 7.81. The minimum Gasteiger partial charge on any atom is -0.665 e. The molecule has 2 heterocycles. The van der Waals surface area contributed by atoms with Gasteiger partial charge >= 0.3 is 5.97 Å². The maximum atomic E-state index is 12.3. The van der Waals surface area contributed by atoms with Crippen LogP contribution >= 0.6 is 0 Å². The number of carbonyl (C=O) groups is 1. The molecule has 1 fully saturated rings. The van der Waals surface area contributed by atoms with E-state index in [-0.39, 0.29) is 36.9 Å². The second-order valence-electron chi connectivity index (χ2n) is 15.2. The fraction of sp³-hybridized carbons (Fsp3) is 0.700. The number of unbranched alkanes of at least 4 members (excludes halogenated alkanes) is 4. The lowest BCUT2D eigenvalue weighted by Gasteiger charge is -2.33. The van der Waals surface area contributed by atoms with Crippen LogP contribution in [-0.4, -0.2) is 60.9 Å². The van der Waals surface area contributed by atoms with Crippen LogP contribution in [0.5, 0.6) is 0 Å². The van der Waals surface area contributed by atoms with Gasteiger partial charge in [-0.3, -0.25) is 4.79 Å². The number of aliphatic hydroxyl groups excluding tert-OH is 3. The molecule has 0 aliphatic heterocycles. The van der Waals surface area contributed by atoms with Gasteiger partial charge in [0.15, 0.2) is 0 Å². The van der Waals surface area contributed by atoms with Crippen LogP contribution in [0, 0.1) is 29.6 Å². The zero-order valence-electron chi connectivity index (χ0n) is 29.6. The predicted octanol–water partition coefficient (Wildman–Crippen LogP) is 6.01. The smallest absolute Gasteiger partial charge is 0.309 e. The molecule has 2 aromatic rings. The van der Waals surface area contributed by atoms with Gasteiger partial charge in [0.1, 0.15) is 5.82 Å². The summed E-state index contributed by atoms with van der Waals surface area (Å²) < 4.78 is 0. The fourth-order valence-corrected chi connectivity index (χ4v) is 8.43. The Hall–Kier alpha value is -2.72. The number of hydrogen-bond acceptors (Lipinski definition) is 7. The Morgan fingerprint density at radius 2 is 1.82 bits per heavy atom. The quantitative estimate of drug-likeness (QED) is 0.0643. The summed E-state index contributed by atoms with van der Waals surface area (Å²) in [6.45, 7) is 2.32. The van der Waals surface area contributed by atoms with E-state index < -0.39 is 23.6 Å². The highest BCUT2D eigenvalue weighted by molar-refractivity contribution is 5.70. The molecule has 0 spiro atoms. The van der Waals surface area contributed by atoms with E-state index in [4.69, 9.17) is 10.7 Å². The first-order valence-corrected chi connectivity index (χ1v) is 19.0. The number of allylic oxidation sites excluding steroid dienone is 1. The van der Waals surface area contributed by atoms with Gasteiger partial charge in [-0.25, -0.2) is 4.98 Å². The van der Waals surface area contributed by atoms with E-state index in [1.807, 2.05) is 24.3 Å². The van der Waals surface area contributed by atoms with Crippen LogP contribution in [0.2, 0.25) is 0 Å². The number of pyridine rings is 1. The number of aliphatic hydroxyl groups is 4. The van der Waals surface area contributed by atoms with Crippen molar-refractivity contribution in [2.24, 2.45) is 29.6 Å². The van der Waals surface area contributed by atoms with Gasteiger partial charge in [-0.05, 0) is 112 Å². The molecule has 8 atom stereocenters. The molecule has 0 amide bonds. The number of nitrogens with two attached hydrogens (primary N) is 1. The van der Waals surface area contributed by atoms with Gasteiger partial charge in [-0.2, -0.15) is 11.4 Å². The van der Waals surface area contributed by atoms with Gasteiger partial charge in [0.05, 0.1) is 23.7 Å². The van der Waals surface area contributed by atoms with Gasteiger partial charge < -0.3 is 36.3 Å². The fourth-order valence-electron chi connectivity index (χ4n) is 8.43. The third kappa shape index (κ3) is 12.2. The highest BCUT2D eigenvalue weighted by Crippen LogP contribution is 2.46. The Kier molecular flexibility index (Phi) is 15.6. The van der Waals surface area contributed by atoms with Crippen LogP contribution in [0.4, 0.5) is 5.82 Å². The lowest BCUT2D eigenvalue weighted by Crippen LogP contribution is -2.37. The molecule has 9 heteroatoms. The Morgan fingerprint density at radius 1 is 1.02 bits per heavy atom.